The highest BCUT2D eigenvalue weighted by atomic mass is 32.2. The number of aromatic amines is 1. The molecule has 3 heterocycles. The van der Waals surface area contributed by atoms with Crippen LogP contribution >= 0.6 is 0 Å². The molecule has 0 radical (unpaired) electrons. The molecule has 8 nitrogen and oxygen atoms in total. The third kappa shape index (κ3) is 3.78. The van der Waals surface area contributed by atoms with Crippen LogP contribution in [0.1, 0.15) is 21.7 Å². The lowest BCUT2D eigenvalue weighted by Gasteiger charge is -2.07. The van der Waals surface area contributed by atoms with Crippen LogP contribution < -0.4 is 0 Å². The first-order valence-corrected chi connectivity index (χ1v) is 8.45. The first-order chi connectivity index (χ1) is 11.9. The van der Waals surface area contributed by atoms with Crippen molar-refractivity contribution >= 4 is 17.0 Å². The van der Waals surface area contributed by atoms with Gasteiger partial charge in [0.2, 0.25) is 0 Å². The molecule has 9 heteroatoms. The summed E-state index contributed by atoms with van der Waals surface area (Å²) in [7, 11) is 0. The molecule has 0 amide bonds. The molecule has 3 aromatic heterocycles. The normalized spacial score (nSPS) is 12.1. The van der Waals surface area contributed by atoms with Gasteiger partial charge >= 0.3 is 5.97 Å². The summed E-state index contributed by atoms with van der Waals surface area (Å²) in [6, 6.07) is 5.23. The Morgan fingerprint density at radius 3 is 2.80 bits per heavy atom. The average Bonchev–Trinajstić information content (AvgIpc) is 2.97. The van der Waals surface area contributed by atoms with Crippen LogP contribution in [-0.2, 0) is 16.8 Å². The summed E-state index contributed by atoms with van der Waals surface area (Å²) >= 11 is -2.19. The van der Waals surface area contributed by atoms with Crippen LogP contribution in [0.4, 0.5) is 0 Å². The van der Waals surface area contributed by atoms with E-state index in [9.17, 15) is 13.6 Å². The third-order valence-corrected chi connectivity index (χ3v) is 4.07. The number of hydrogen-bond donors (Lipinski definition) is 2. The predicted molar refractivity (Wildman–Crippen MR) is 89.4 cm³/mol. The number of pyridine rings is 2. The highest BCUT2D eigenvalue weighted by molar-refractivity contribution is 7.78. The van der Waals surface area contributed by atoms with Gasteiger partial charge in [0, 0.05) is 35.6 Å². The number of hydrogen-bond acceptors (Lipinski definition) is 6. The molecular weight excluding hydrogens is 344 g/mol. The second-order valence-corrected chi connectivity index (χ2v) is 6.22. The number of carboxylic acids is 1. The van der Waals surface area contributed by atoms with Crippen LogP contribution in [0.2, 0.25) is 0 Å². The molecule has 1 atom stereocenters. The van der Waals surface area contributed by atoms with Crippen molar-refractivity contribution in [2.24, 2.45) is 0 Å². The number of rotatable bonds is 5. The first-order valence-electron chi connectivity index (χ1n) is 7.20. The van der Waals surface area contributed by atoms with Crippen molar-refractivity contribution in [3.8, 4) is 22.6 Å². The van der Waals surface area contributed by atoms with Gasteiger partial charge in [0.15, 0.2) is 11.5 Å². The van der Waals surface area contributed by atoms with Crippen LogP contribution in [0.15, 0.2) is 36.8 Å². The number of aromatic carboxylic acids is 1. The molecule has 0 fully saturated rings. The summed E-state index contributed by atoms with van der Waals surface area (Å²) in [5.41, 5.74) is 2.94. The Balaban J connectivity index is 1.98. The number of nitrogens with one attached hydrogen (secondary N) is 1. The molecule has 0 aliphatic rings. The zero-order valence-corrected chi connectivity index (χ0v) is 13.9. The molecule has 2 N–H and O–H groups in total. The van der Waals surface area contributed by atoms with Gasteiger partial charge in [-0.05, 0) is 36.2 Å². The van der Waals surface area contributed by atoms with E-state index in [-0.39, 0.29) is 11.4 Å². The maximum absolute atomic E-state index is 11.1. The summed E-state index contributed by atoms with van der Waals surface area (Å²) in [6.45, 7) is 1.63. The van der Waals surface area contributed by atoms with E-state index in [1.54, 1.807) is 37.5 Å². The molecule has 0 aliphatic carbocycles. The van der Waals surface area contributed by atoms with Crippen LogP contribution in [0, 0.1) is 6.92 Å². The Labute approximate surface area is 145 Å². The minimum atomic E-state index is -2.19. The number of aryl methyl sites for hydroxylation is 1. The molecule has 0 aromatic carbocycles. The van der Waals surface area contributed by atoms with Crippen molar-refractivity contribution in [3.63, 3.8) is 0 Å². The number of carboxylic acid groups (broad SMARTS) is 1. The maximum Gasteiger partial charge on any atom is 0.356 e. The molecule has 128 valence electrons. The Morgan fingerprint density at radius 1 is 1.32 bits per heavy atom. The van der Waals surface area contributed by atoms with E-state index < -0.39 is 17.0 Å². The van der Waals surface area contributed by atoms with E-state index in [2.05, 4.69) is 19.9 Å². The van der Waals surface area contributed by atoms with Gasteiger partial charge in [-0.15, -0.1) is 0 Å². The number of H-pyrrole nitrogens is 1. The first kappa shape index (κ1) is 16.9. The SMILES string of the molecule is Cc1[nH]c(-c2cc(-c3cncc(CS(=O)[O-])c3)ccn2)nc1C(=O)O. The second kappa shape index (κ2) is 6.91. The summed E-state index contributed by atoms with van der Waals surface area (Å²) < 4.78 is 21.7. The lowest BCUT2D eigenvalue weighted by Crippen LogP contribution is -1.98. The van der Waals surface area contributed by atoms with Gasteiger partial charge in [-0.25, -0.2) is 9.78 Å². The van der Waals surface area contributed by atoms with Crippen molar-refractivity contribution in [2.75, 3.05) is 0 Å². The second-order valence-electron chi connectivity index (χ2n) is 5.32. The highest BCUT2D eigenvalue weighted by Crippen LogP contribution is 2.24. The van der Waals surface area contributed by atoms with Crippen LogP contribution in [0.25, 0.3) is 22.6 Å². The monoisotopic (exact) mass is 357 g/mol. The van der Waals surface area contributed by atoms with Crippen molar-refractivity contribution < 1.29 is 18.7 Å². The van der Waals surface area contributed by atoms with E-state index in [1.807, 2.05) is 0 Å². The minimum Gasteiger partial charge on any atom is -0.772 e. The van der Waals surface area contributed by atoms with Gasteiger partial charge < -0.3 is 14.6 Å². The molecule has 25 heavy (non-hydrogen) atoms. The predicted octanol–water partition coefficient (Wildman–Crippen LogP) is 1.92. The standard InChI is InChI=1S/C16H14N4O4S/c1-9-14(16(21)22)20-15(19-9)13-5-11(2-3-18-13)12-4-10(6-17-7-12)8-25(23)24/h2-7H,8H2,1H3,(H,19,20)(H,21,22)(H,23,24)/p-1. The van der Waals surface area contributed by atoms with Gasteiger partial charge in [0.05, 0.1) is 0 Å². The number of nitrogens with zero attached hydrogens (tertiary/aromatic N) is 3. The van der Waals surface area contributed by atoms with E-state index in [4.69, 9.17) is 5.11 Å². The summed E-state index contributed by atoms with van der Waals surface area (Å²) in [6.07, 6.45) is 4.68. The molecular formula is C16H13N4O4S-. The topological polar surface area (TPSA) is 132 Å². The van der Waals surface area contributed by atoms with Gasteiger partial charge in [0.25, 0.3) is 0 Å². The third-order valence-electron chi connectivity index (χ3n) is 3.50. The van der Waals surface area contributed by atoms with Crippen molar-refractivity contribution in [1.82, 2.24) is 19.9 Å². The lowest BCUT2D eigenvalue weighted by molar-refractivity contribution is 0.0690. The molecule has 0 spiro atoms. The Morgan fingerprint density at radius 2 is 2.12 bits per heavy atom. The molecule has 3 rings (SSSR count). The zero-order valence-electron chi connectivity index (χ0n) is 13.1. The van der Waals surface area contributed by atoms with Crippen LogP contribution in [0.5, 0.6) is 0 Å². The highest BCUT2D eigenvalue weighted by Gasteiger charge is 2.15. The number of carbonyl (C=O) groups is 1. The average molecular weight is 357 g/mol. The molecule has 1 unspecified atom stereocenters. The van der Waals surface area contributed by atoms with Gasteiger partial charge in [0.1, 0.15) is 5.69 Å². The lowest BCUT2D eigenvalue weighted by atomic mass is 10.1. The summed E-state index contributed by atoms with van der Waals surface area (Å²) in [4.78, 5) is 26.4. The fourth-order valence-corrected chi connectivity index (χ4v) is 2.82. The van der Waals surface area contributed by atoms with E-state index >= 15 is 0 Å². The van der Waals surface area contributed by atoms with Crippen LogP contribution in [-0.4, -0.2) is 39.8 Å². The van der Waals surface area contributed by atoms with E-state index in [0.29, 0.717) is 22.8 Å². The van der Waals surface area contributed by atoms with Crippen molar-refractivity contribution in [2.45, 2.75) is 12.7 Å². The Bertz CT molecular complexity index is 970. The van der Waals surface area contributed by atoms with Crippen LogP contribution in [0.3, 0.4) is 0 Å². The zero-order chi connectivity index (χ0) is 18.0. The van der Waals surface area contributed by atoms with Gasteiger partial charge in [-0.3, -0.25) is 14.2 Å². The van der Waals surface area contributed by atoms with E-state index in [0.717, 1.165) is 11.1 Å². The molecule has 0 saturated heterocycles. The Hall–Kier alpha value is -2.91. The smallest absolute Gasteiger partial charge is 0.356 e. The molecule has 0 saturated carbocycles. The fourth-order valence-electron chi connectivity index (χ4n) is 2.39. The molecule has 0 bridgehead atoms. The summed E-state index contributed by atoms with van der Waals surface area (Å²) in [5.74, 6) is -0.877. The van der Waals surface area contributed by atoms with Crippen molar-refractivity contribution in [3.05, 3.63) is 53.7 Å². The van der Waals surface area contributed by atoms with Gasteiger partial charge in [-0.1, -0.05) is 11.1 Å². The minimum absolute atomic E-state index is 0.0520. The largest absolute Gasteiger partial charge is 0.772 e. The maximum atomic E-state index is 11.1. The number of aromatic nitrogens is 4. The summed E-state index contributed by atoms with van der Waals surface area (Å²) in [5, 5.41) is 9.10. The quantitative estimate of drug-likeness (QED) is 0.667. The Kier molecular flexibility index (Phi) is 4.68. The van der Waals surface area contributed by atoms with E-state index in [1.165, 1.54) is 6.20 Å². The molecule has 0 aliphatic heterocycles. The van der Waals surface area contributed by atoms with Crippen molar-refractivity contribution in [1.29, 1.82) is 0 Å². The number of imidazole rings is 1. The molecule has 3 aromatic rings. The van der Waals surface area contributed by atoms with Gasteiger partial charge in [-0.2, -0.15) is 0 Å². The fraction of sp³-hybridized carbons (Fsp3) is 0.125.